The zero-order valence-electron chi connectivity index (χ0n) is 14.1. The van der Waals surface area contributed by atoms with Crippen molar-refractivity contribution in [3.63, 3.8) is 0 Å². The van der Waals surface area contributed by atoms with Crippen LogP contribution in [0.4, 0.5) is 5.69 Å². The predicted molar refractivity (Wildman–Crippen MR) is 101 cm³/mol. The molecule has 0 unspecified atom stereocenters. The van der Waals surface area contributed by atoms with E-state index in [1.807, 2.05) is 6.07 Å². The van der Waals surface area contributed by atoms with Crippen LogP contribution in [0.15, 0.2) is 40.6 Å². The highest BCUT2D eigenvalue weighted by Crippen LogP contribution is 2.25. The van der Waals surface area contributed by atoms with Gasteiger partial charge >= 0.3 is 0 Å². The van der Waals surface area contributed by atoms with Crippen molar-refractivity contribution >= 4 is 33.0 Å². The second kappa shape index (κ2) is 7.99. The Labute approximate surface area is 157 Å². The Bertz CT molecular complexity index is 919. The first-order chi connectivity index (χ1) is 12.5. The summed E-state index contributed by atoms with van der Waals surface area (Å²) >= 11 is 1.11. The third kappa shape index (κ3) is 4.12. The van der Waals surface area contributed by atoms with Crippen molar-refractivity contribution < 1.29 is 13.2 Å². The largest absolute Gasteiger partial charge is 0.321 e. The van der Waals surface area contributed by atoms with E-state index in [2.05, 4.69) is 5.32 Å². The van der Waals surface area contributed by atoms with Gasteiger partial charge in [-0.05, 0) is 43.2 Å². The minimum atomic E-state index is -3.55. The summed E-state index contributed by atoms with van der Waals surface area (Å²) in [7, 11) is -3.55. The Morgan fingerprint density at radius 2 is 1.77 bits per heavy atom. The Morgan fingerprint density at radius 3 is 2.38 bits per heavy atom. The Morgan fingerprint density at radius 1 is 1.12 bits per heavy atom. The monoisotopic (exact) mass is 389 g/mol. The molecular weight excluding hydrogens is 370 g/mol. The average Bonchev–Trinajstić information content (AvgIpc) is 2.99. The van der Waals surface area contributed by atoms with Gasteiger partial charge in [0.05, 0.1) is 21.4 Å². The first-order valence-electron chi connectivity index (χ1n) is 8.41. The van der Waals surface area contributed by atoms with E-state index in [1.165, 1.54) is 15.8 Å². The van der Waals surface area contributed by atoms with Gasteiger partial charge in [0, 0.05) is 24.2 Å². The summed E-state index contributed by atoms with van der Waals surface area (Å²) in [4.78, 5) is 12.9. The van der Waals surface area contributed by atoms with Crippen LogP contribution in [0.5, 0.6) is 0 Å². The van der Waals surface area contributed by atoms with Gasteiger partial charge in [-0.2, -0.15) is 9.57 Å². The average molecular weight is 390 g/mol. The van der Waals surface area contributed by atoms with Gasteiger partial charge in [0.15, 0.2) is 0 Å². The summed E-state index contributed by atoms with van der Waals surface area (Å²) in [6.07, 6.45) is 3.84. The second-order valence-electron chi connectivity index (χ2n) is 6.11. The maximum atomic E-state index is 12.8. The molecule has 0 radical (unpaired) electrons. The van der Waals surface area contributed by atoms with E-state index < -0.39 is 10.0 Å². The number of thiophene rings is 1. The van der Waals surface area contributed by atoms with E-state index in [0.29, 0.717) is 29.2 Å². The molecule has 1 fully saturated rings. The van der Waals surface area contributed by atoms with Gasteiger partial charge in [-0.15, -0.1) is 11.3 Å². The minimum Gasteiger partial charge on any atom is -0.321 e. The molecule has 26 heavy (non-hydrogen) atoms. The fraction of sp³-hybridized carbons (Fsp3) is 0.333. The number of benzene rings is 1. The lowest BCUT2D eigenvalue weighted by atomic mass is 10.2. The standard InChI is InChI=1S/C18H19N3O3S2/c19-12-14-5-7-15(8-6-14)20-18(22)17-11-16(13-25-17)26(23,24)21-9-3-1-2-4-10-21/h5-8,11,13H,1-4,9-10H2,(H,20,22). The van der Waals surface area contributed by atoms with Gasteiger partial charge in [-0.1, -0.05) is 12.8 Å². The number of anilines is 1. The van der Waals surface area contributed by atoms with Crippen LogP contribution in [0.2, 0.25) is 0 Å². The predicted octanol–water partition coefficient (Wildman–Crippen LogP) is 3.44. The molecule has 1 aliphatic rings. The fourth-order valence-electron chi connectivity index (χ4n) is 2.83. The topological polar surface area (TPSA) is 90.3 Å². The molecule has 2 heterocycles. The summed E-state index contributed by atoms with van der Waals surface area (Å²) in [6, 6.07) is 9.94. The molecule has 3 rings (SSSR count). The van der Waals surface area contributed by atoms with Crippen molar-refractivity contribution in [2.24, 2.45) is 0 Å². The lowest BCUT2D eigenvalue weighted by molar-refractivity contribution is 0.103. The molecule has 1 aromatic heterocycles. The number of carbonyl (C=O) groups excluding carboxylic acids is 1. The molecule has 0 atom stereocenters. The van der Waals surface area contributed by atoms with Crippen molar-refractivity contribution in [3.8, 4) is 6.07 Å². The zero-order valence-corrected chi connectivity index (χ0v) is 15.8. The summed E-state index contributed by atoms with van der Waals surface area (Å²) in [5, 5.41) is 13.0. The van der Waals surface area contributed by atoms with Crippen LogP contribution < -0.4 is 5.32 Å². The number of hydrogen-bond donors (Lipinski definition) is 1. The molecule has 0 saturated carbocycles. The van der Waals surface area contributed by atoms with Gasteiger partial charge in [0.2, 0.25) is 10.0 Å². The number of carbonyl (C=O) groups is 1. The molecule has 0 bridgehead atoms. The van der Waals surface area contributed by atoms with Gasteiger partial charge in [0.1, 0.15) is 0 Å². The summed E-state index contributed by atoms with van der Waals surface area (Å²) in [5.74, 6) is -0.364. The van der Waals surface area contributed by atoms with E-state index in [4.69, 9.17) is 5.26 Å². The van der Waals surface area contributed by atoms with Crippen LogP contribution in [0.25, 0.3) is 0 Å². The number of hydrogen-bond acceptors (Lipinski definition) is 5. The Balaban J connectivity index is 1.73. The smallest absolute Gasteiger partial charge is 0.265 e. The summed E-state index contributed by atoms with van der Waals surface area (Å²) < 4.78 is 27.1. The Kier molecular flexibility index (Phi) is 5.71. The number of nitriles is 1. The van der Waals surface area contributed by atoms with Crippen LogP contribution in [-0.2, 0) is 10.0 Å². The maximum Gasteiger partial charge on any atom is 0.265 e. The van der Waals surface area contributed by atoms with Gasteiger partial charge in [-0.3, -0.25) is 4.79 Å². The molecule has 2 aromatic rings. The number of rotatable bonds is 4. The van der Waals surface area contributed by atoms with Crippen molar-refractivity contribution in [2.75, 3.05) is 18.4 Å². The van der Waals surface area contributed by atoms with Crippen molar-refractivity contribution in [1.29, 1.82) is 5.26 Å². The van der Waals surface area contributed by atoms with Crippen molar-refractivity contribution in [3.05, 3.63) is 46.2 Å². The number of amides is 1. The molecule has 6 nitrogen and oxygen atoms in total. The van der Waals surface area contributed by atoms with E-state index in [-0.39, 0.29) is 10.8 Å². The molecule has 1 aromatic carbocycles. The molecule has 1 aliphatic heterocycles. The number of nitrogens with one attached hydrogen (secondary N) is 1. The van der Waals surface area contributed by atoms with Crippen LogP contribution in [0.1, 0.15) is 40.9 Å². The second-order valence-corrected chi connectivity index (χ2v) is 8.96. The van der Waals surface area contributed by atoms with Crippen LogP contribution in [-0.4, -0.2) is 31.7 Å². The molecule has 1 saturated heterocycles. The molecule has 1 amide bonds. The third-order valence-electron chi connectivity index (χ3n) is 4.27. The summed E-state index contributed by atoms with van der Waals surface area (Å²) in [5.41, 5.74) is 1.06. The van der Waals surface area contributed by atoms with Gasteiger partial charge < -0.3 is 5.32 Å². The molecular formula is C18H19N3O3S2. The number of nitrogens with zero attached hydrogens (tertiary/aromatic N) is 2. The maximum absolute atomic E-state index is 12.8. The summed E-state index contributed by atoms with van der Waals surface area (Å²) in [6.45, 7) is 1.07. The van der Waals surface area contributed by atoms with Crippen LogP contribution in [0.3, 0.4) is 0 Å². The highest BCUT2D eigenvalue weighted by atomic mass is 32.2. The van der Waals surface area contributed by atoms with E-state index in [9.17, 15) is 13.2 Å². The zero-order chi connectivity index (χ0) is 18.6. The van der Waals surface area contributed by atoms with Crippen LogP contribution >= 0.6 is 11.3 Å². The first kappa shape index (κ1) is 18.6. The van der Waals surface area contributed by atoms with E-state index in [0.717, 1.165) is 37.0 Å². The quantitative estimate of drug-likeness (QED) is 0.867. The van der Waals surface area contributed by atoms with Crippen LogP contribution in [0, 0.1) is 11.3 Å². The Hall–Kier alpha value is -2.21. The first-order valence-corrected chi connectivity index (χ1v) is 10.7. The third-order valence-corrected chi connectivity index (χ3v) is 7.23. The van der Waals surface area contributed by atoms with E-state index >= 15 is 0 Å². The van der Waals surface area contributed by atoms with Crippen molar-refractivity contribution in [2.45, 2.75) is 30.6 Å². The minimum absolute atomic E-state index is 0.175. The SMILES string of the molecule is N#Cc1ccc(NC(=O)c2cc(S(=O)(=O)N3CCCCCC3)cs2)cc1. The number of sulfonamides is 1. The highest BCUT2D eigenvalue weighted by molar-refractivity contribution is 7.89. The molecule has 136 valence electrons. The molecule has 0 aliphatic carbocycles. The van der Waals surface area contributed by atoms with Gasteiger partial charge in [-0.25, -0.2) is 8.42 Å². The van der Waals surface area contributed by atoms with Crippen molar-refractivity contribution in [1.82, 2.24) is 4.31 Å². The lowest BCUT2D eigenvalue weighted by Crippen LogP contribution is -2.31. The normalized spacial score (nSPS) is 15.8. The molecule has 1 N–H and O–H groups in total. The molecule has 8 heteroatoms. The lowest BCUT2D eigenvalue weighted by Gasteiger charge is -2.18. The highest BCUT2D eigenvalue weighted by Gasteiger charge is 2.27. The fourth-order valence-corrected chi connectivity index (χ4v) is 5.50. The van der Waals surface area contributed by atoms with Gasteiger partial charge in [0.25, 0.3) is 5.91 Å². The molecule has 0 spiro atoms. The van der Waals surface area contributed by atoms with E-state index in [1.54, 1.807) is 24.3 Å².